The summed E-state index contributed by atoms with van der Waals surface area (Å²) in [6, 6.07) is 9.51. The summed E-state index contributed by atoms with van der Waals surface area (Å²) in [7, 11) is 0. The minimum atomic E-state index is -0.735. The number of aliphatic hydroxyl groups is 1. The van der Waals surface area contributed by atoms with Gasteiger partial charge < -0.3 is 25.2 Å². The summed E-state index contributed by atoms with van der Waals surface area (Å²) in [5.41, 5.74) is 1.38. The van der Waals surface area contributed by atoms with Gasteiger partial charge in [0.2, 0.25) is 0 Å². The van der Waals surface area contributed by atoms with E-state index < -0.39 is 18.4 Å². The van der Waals surface area contributed by atoms with Crippen molar-refractivity contribution in [3.8, 4) is 0 Å². The minimum Gasteiger partial charge on any atom is -0.389 e. The van der Waals surface area contributed by atoms with Crippen molar-refractivity contribution in [1.82, 2.24) is 15.5 Å². The molecule has 5 atom stereocenters. The van der Waals surface area contributed by atoms with E-state index in [4.69, 9.17) is 9.47 Å². The number of hydrogen-bond acceptors (Lipinski definition) is 5. The molecule has 0 saturated carbocycles. The topological polar surface area (TPSA) is 83.1 Å². The molecule has 7 heteroatoms. The van der Waals surface area contributed by atoms with Crippen LogP contribution in [0.2, 0.25) is 0 Å². The zero-order chi connectivity index (χ0) is 20.2. The van der Waals surface area contributed by atoms with Gasteiger partial charge in [0.1, 0.15) is 6.10 Å². The van der Waals surface area contributed by atoms with E-state index in [0.29, 0.717) is 19.1 Å². The van der Waals surface area contributed by atoms with E-state index in [2.05, 4.69) is 46.4 Å². The zero-order valence-corrected chi connectivity index (χ0v) is 16.7. The van der Waals surface area contributed by atoms with Crippen LogP contribution in [0.4, 0.5) is 4.79 Å². The minimum absolute atomic E-state index is 0.267. The third-order valence-electron chi connectivity index (χ3n) is 6.27. The first-order chi connectivity index (χ1) is 14.2. The average molecular weight is 402 g/mol. The monoisotopic (exact) mass is 401 g/mol. The molecule has 1 aromatic rings. The molecule has 3 heterocycles. The summed E-state index contributed by atoms with van der Waals surface area (Å²) in [5.74, 6) is 0.645. The summed E-state index contributed by atoms with van der Waals surface area (Å²) >= 11 is 0. The zero-order valence-electron chi connectivity index (χ0n) is 16.7. The second-order valence-corrected chi connectivity index (χ2v) is 8.20. The van der Waals surface area contributed by atoms with Gasteiger partial charge in [-0.05, 0) is 43.8 Å². The largest absolute Gasteiger partial charge is 0.389 e. The highest BCUT2D eigenvalue weighted by atomic mass is 16.7. The lowest BCUT2D eigenvalue weighted by atomic mass is 9.87. The molecule has 7 nitrogen and oxygen atoms in total. The highest BCUT2D eigenvalue weighted by molar-refractivity contribution is 5.74. The summed E-state index contributed by atoms with van der Waals surface area (Å²) in [5, 5.41) is 16.6. The van der Waals surface area contributed by atoms with Gasteiger partial charge in [-0.25, -0.2) is 4.79 Å². The fourth-order valence-corrected chi connectivity index (χ4v) is 4.74. The second kappa shape index (κ2) is 9.26. The molecule has 2 amide bonds. The smallest absolute Gasteiger partial charge is 0.315 e. The number of carbonyl (C=O) groups is 1. The van der Waals surface area contributed by atoms with Crippen LogP contribution in [0.3, 0.4) is 0 Å². The van der Waals surface area contributed by atoms with E-state index in [0.717, 1.165) is 32.4 Å². The molecule has 3 fully saturated rings. The van der Waals surface area contributed by atoms with Crippen molar-refractivity contribution in [2.45, 2.75) is 49.8 Å². The molecule has 0 aliphatic carbocycles. The number of piperidine rings is 1. The van der Waals surface area contributed by atoms with Crippen molar-refractivity contribution in [3.63, 3.8) is 0 Å². The van der Waals surface area contributed by atoms with Crippen molar-refractivity contribution < 1.29 is 19.4 Å². The lowest BCUT2D eigenvalue weighted by molar-refractivity contribution is -0.184. The molecular weight excluding hydrogens is 370 g/mol. The number of benzene rings is 1. The third kappa shape index (κ3) is 4.64. The summed E-state index contributed by atoms with van der Waals surface area (Å²) in [6.07, 6.45) is 3.37. The molecule has 4 rings (SSSR count). The molecular formula is C22H31N3O4. The highest BCUT2D eigenvalue weighted by Crippen LogP contribution is 2.34. The molecule has 3 aliphatic rings. The van der Waals surface area contributed by atoms with Gasteiger partial charge in [0, 0.05) is 6.54 Å². The van der Waals surface area contributed by atoms with Gasteiger partial charge >= 0.3 is 6.03 Å². The predicted octanol–water partition coefficient (Wildman–Crippen LogP) is 1.28. The summed E-state index contributed by atoms with van der Waals surface area (Å²) < 4.78 is 11.8. The van der Waals surface area contributed by atoms with Gasteiger partial charge in [0.15, 0.2) is 6.29 Å². The Labute approximate surface area is 172 Å². The quantitative estimate of drug-likeness (QED) is 0.626. The van der Waals surface area contributed by atoms with Crippen LogP contribution < -0.4 is 10.6 Å². The molecule has 158 valence electrons. The predicted molar refractivity (Wildman–Crippen MR) is 109 cm³/mol. The number of fused-ring (bicyclic) bond motifs is 2. The van der Waals surface area contributed by atoms with E-state index in [9.17, 15) is 9.90 Å². The van der Waals surface area contributed by atoms with Crippen LogP contribution in [0.1, 0.15) is 18.4 Å². The second-order valence-electron chi connectivity index (χ2n) is 8.20. The van der Waals surface area contributed by atoms with Crippen LogP contribution in [0.15, 0.2) is 43.0 Å². The molecule has 0 spiro atoms. The number of urea groups is 1. The SMILES string of the molecule is C=CCNC(=O)N[C@@H]1[C@H](O)[C@@H](N2CCC(Cc3ccccc3)CC2)[C@@H]2OC[C@@H]1O2. The van der Waals surface area contributed by atoms with Crippen LogP contribution >= 0.6 is 0 Å². The van der Waals surface area contributed by atoms with E-state index in [-0.39, 0.29) is 18.2 Å². The van der Waals surface area contributed by atoms with Gasteiger partial charge in [0.05, 0.1) is 24.8 Å². The van der Waals surface area contributed by atoms with Crippen molar-refractivity contribution in [2.24, 2.45) is 5.92 Å². The van der Waals surface area contributed by atoms with Gasteiger partial charge in [-0.15, -0.1) is 6.58 Å². The first-order valence-electron chi connectivity index (χ1n) is 10.5. The number of amides is 2. The molecule has 0 unspecified atom stereocenters. The summed E-state index contributed by atoms with van der Waals surface area (Å²) in [4.78, 5) is 14.4. The number of aliphatic hydroxyl groups excluding tert-OH is 1. The van der Waals surface area contributed by atoms with Crippen LogP contribution in [-0.4, -0.2) is 72.9 Å². The lowest BCUT2D eigenvalue weighted by Crippen LogP contribution is -2.66. The van der Waals surface area contributed by atoms with Gasteiger partial charge in [0.25, 0.3) is 0 Å². The third-order valence-corrected chi connectivity index (χ3v) is 6.27. The Hall–Kier alpha value is -1.93. The average Bonchev–Trinajstić information content (AvgIpc) is 3.17. The normalized spacial score (nSPS) is 32.7. The van der Waals surface area contributed by atoms with Crippen molar-refractivity contribution in [2.75, 3.05) is 26.2 Å². The van der Waals surface area contributed by atoms with Crippen LogP contribution in [-0.2, 0) is 15.9 Å². The highest BCUT2D eigenvalue weighted by Gasteiger charge is 2.52. The lowest BCUT2D eigenvalue weighted by Gasteiger charge is -2.46. The van der Waals surface area contributed by atoms with Crippen molar-refractivity contribution in [3.05, 3.63) is 48.6 Å². The van der Waals surface area contributed by atoms with Crippen LogP contribution in [0, 0.1) is 5.92 Å². The Morgan fingerprint density at radius 3 is 2.76 bits per heavy atom. The van der Waals surface area contributed by atoms with Gasteiger partial charge in [-0.3, -0.25) is 4.90 Å². The number of hydrogen-bond donors (Lipinski definition) is 3. The Morgan fingerprint density at radius 2 is 2.03 bits per heavy atom. The van der Waals surface area contributed by atoms with Crippen molar-refractivity contribution >= 4 is 6.03 Å². The Balaban J connectivity index is 1.35. The van der Waals surface area contributed by atoms with E-state index >= 15 is 0 Å². The van der Waals surface area contributed by atoms with Crippen LogP contribution in [0.5, 0.6) is 0 Å². The van der Waals surface area contributed by atoms with Crippen molar-refractivity contribution in [1.29, 1.82) is 0 Å². The Morgan fingerprint density at radius 1 is 1.28 bits per heavy atom. The molecule has 3 N–H and O–H groups in total. The van der Waals surface area contributed by atoms with E-state index in [1.165, 1.54) is 5.56 Å². The number of nitrogens with one attached hydrogen (secondary N) is 2. The van der Waals surface area contributed by atoms with Crippen LogP contribution in [0.25, 0.3) is 0 Å². The molecule has 29 heavy (non-hydrogen) atoms. The Bertz CT molecular complexity index is 693. The van der Waals surface area contributed by atoms with E-state index in [1.807, 2.05) is 6.07 Å². The molecule has 2 bridgehead atoms. The first kappa shape index (κ1) is 20.3. The number of rotatable bonds is 6. The van der Waals surface area contributed by atoms with Gasteiger partial charge in [-0.1, -0.05) is 36.4 Å². The number of carbonyl (C=O) groups excluding carboxylic acids is 1. The number of likely N-dealkylation sites (tertiary alicyclic amines) is 1. The first-order valence-corrected chi connectivity index (χ1v) is 10.5. The molecule has 0 radical (unpaired) electrons. The fourth-order valence-electron chi connectivity index (χ4n) is 4.74. The maximum Gasteiger partial charge on any atom is 0.315 e. The Kier molecular flexibility index (Phi) is 6.50. The molecule has 1 aromatic carbocycles. The molecule has 0 aromatic heterocycles. The summed E-state index contributed by atoms with van der Waals surface area (Å²) in [6.45, 7) is 6.13. The number of ether oxygens (including phenoxy) is 2. The number of nitrogens with zero attached hydrogens (tertiary/aromatic N) is 1. The maximum absolute atomic E-state index is 12.1. The maximum atomic E-state index is 12.1. The fraction of sp³-hybridized carbons (Fsp3) is 0.591. The molecule has 3 saturated heterocycles. The standard InChI is InChI=1S/C22H31N3O4/c1-2-10-23-22(27)24-18-17-14-28-21(29-17)19(20(18)26)25-11-8-16(9-12-25)13-15-6-4-3-5-7-15/h2-7,16-21,26H,1,8-14H2,(H2,23,24,27)/t17-,18-,19+,20-,21+/m0/s1. The van der Waals surface area contributed by atoms with E-state index in [1.54, 1.807) is 6.08 Å². The van der Waals surface area contributed by atoms with Gasteiger partial charge in [-0.2, -0.15) is 0 Å². The molecule has 3 aliphatic heterocycles.